The smallest absolute Gasteiger partial charge is 0.220 e. The quantitative estimate of drug-likeness (QED) is 0.216. The molecule has 0 spiro atoms. The molecule has 0 aliphatic carbocycles. The van der Waals surface area contributed by atoms with Crippen molar-refractivity contribution in [1.82, 2.24) is 5.32 Å². The summed E-state index contributed by atoms with van der Waals surface area (Å²) in [4.78, 5) is 12.2. The molecule has 0 radical (unpaired) electrons. The highest BCUT2D eigenvalue weighted by atomic mass is 79.9. The zero-order valence-corrected chi connectivity index (χ0v) is 22.4. The number of amides is 1. The fraction of sp³-hybridized carbons (Fsp3) is 0.586. The summed E-state index contributed by atoms with van der Waals surface area (Å²) in [5, 5.41) is 12.5. The number of benzene rings is 1. The topological polar surface area (TPSA) is 53.2 Å². The first-order valence-corrected chi connectivity index (χ1v) is 13.2. The van der Waals surface area contributed by atoms with Crippen molar-refractivity contribution in [3.8, 4) is 0 Å². The van der Waals surface area contributed by atoms with Crippen LogP contribution in [0.3, 0.4) is 0 Å². The molecule has 0 saturated heterocycles. The molecule has 1 atom stereocenters. The van der Waals surface area contributed by atoms with Crippen LogP contribution in [0.5, 0.6) is 0 Å². The first-order chi connectivity index (χ1) is 16.3. The normalized spacial score (nSPS) is 11.6. The third-order valence-corrected chi connectivity index (χ3v) is 6.26. The molecule has 2 rings (SSSR count). The monoisotopic (exact) mass is 532 g/mol. The van der Waals surface area contributed by atoms with Gasteiger partial charge in [0.1, 0.15) is 6.54 Å². The number of hydrogen-bond acceptors (Lipinski definition) is 2. The van der Waals surface area contributed by atoms with Crippen LogP contribution in [0.1, 0.15) is 89.0 Å². The minimum atomic E-state index is -0.192. The van der Waals surface area contributed by atoms with Crippen molar-refractivity contribution >= 4 is 5.91 Å². The number of aryl methyl sites for hydroxylation is 1. The Bertz CT molecular complexity index is 727. The number of nitrogens with zero attached hydrogens (tertiary/aromatic N) is 1. The number of carbonyl (C=O) groups is 1. The fourth-order valence-electron chi connectivity index (χ4n) is 4.29. The molecular formula is C29H45BrN2O2. The Labute approximate surface area is 218 Å². The number of aliphatic hydroxyl groups excluding tert-OH is 1. The van der Waals surface area contributed by atoms with Crippen LogP contribution in [0.15, 0.2) is 60.9 Å². The van der Waals surface area contributed by atoms with Crippen LogP contribution in [0.2, 0.25) is 0 Å². The third-order valence-electron chi connectivity index (χ3n) is 6.26. The summed E-state index contributed by atoms with van der Waals surface area (Å²) in [5.41, 5.74) is 1.14. The molecule has 2 aromatic rings. The van der Waals surface area contributed by atoms with Crippen molar-refractivity contribution < 1.29 is 31.4 Å². The van der Waals surface area contributed by atoms with Gasteiger partial charge in [-0.2, -0.15) is 0 Å². The van der Waals surface area contributed by atoms with E-state index in [0.717, 1.165) is 24.9 Å². The van der Waals surface area contributed by atoms with E-state index in [9.17, 15) is 9.90 Å². The summed E-state index contributed by atoms with van der Waals surface area (Å²) in [5.74, 6) is 0.0624. The minimum Gasteiger partial charge on any atom is -1.00 e. The number of nitrogens with one attached hydrogen (secondary N) is 1. The molecule has 5 heteroatoms. The van der Waals surface area contributed by atoms with Crippen molar-refractivity contribution in [1.29, 1.82) is 0 Å². The van der Waals surface area contributed by atoms with Crippen molar-refractivity contribution in [3.05, 3.63) is 66.5 Å². The minimum absolute atomic E-state index is 0. The van der Waals surface area contributed by atoms with E-state index in [-0.39, 0.29) is 35.5 Å². The van der Waals surface area contributed by atoms with Crippen LogP contribution in [-0.4, -0.2) is 23.7 Å². The highest BCUT2D eigenvalue weighted by Crippen LogP contribution is 2.13. The van der Waals surface area contributed by atoms with Crippen LogP contribution in [0.4, 0.5) is 0 Å². The van der Waals surface area contributed by atoms with E-state index in [1.807, 2.05) is 30.3 Å². The van der Waals surface area contributed by atoms with Gasteiger partial charge >= 0.3 is 0 Å². The molecule has 1 amide bonds. The molecule has 0 saturated carbocycles. The van der Waals surface area contributed by atoms with Crippen LogP contribution in [0, 0.1) is 0 Å². The fourth-order valence-corrected chi connectivity index (χ4v) is 4.29. The zero-order chi connectivity index (χ0) is 23.4. The molecule has 1 aromatic heterocycles. The van der Waals surface area contributed by atoms with Crippen LogP contribution in [-0.2, 0) is 17.8 Å². The Morgan fingerprint density at radius 3 is 1.79 bits per heavy atom. The van der Waals surface area contributed by atoms with Gasteiger partial charge in [-0.1, -0.05) is 94.2 Å². The number of pyridine rings is 1. The lowest BCUT2D eigenvalue weighted by molar-refractivity contribution is -0.697. The Kier molecular flexibility index (Phi) is 18.4. The zero-order valence-electron chi connectivity index (χ0n) is 20.8. The van der Waals surface area contributed by atoms with Gasteiger partial charge in [-0.3, -0.25) is 4.79 Å². The Morgan fingerprint density at radius 2 is 1.24 bits per heavy atom. The molecule has 34 heavy (non-hydrogen) atoms. The average Bonchev–Trinajstić information content (AvgIpc) is 2.85. The van der Waals surface area contributed by atoms with E-state index in [2.05, 4.69) is 40.5 Å². The Balaban J connectivity index is 0.00000578. The molecule has 2 N–H and O–H groups in total. The molecule has 1 aromatic carbocycles. The van der Waals surface area contributed by atoms with Crippen LogP contribution in [0.25, 0.3) is 0 Å². The second kappa shape index (κ2) is 20.6. The summed E-state index contributed by atoms with van der Waals surface area (Å²) in [6.07, 6.45) is 20.8. The first kappa shape index (κ1) is 30.3. The Hall–Kier alpha value is -1.72. The highest BCUT2D eigenvalue weighted by molar-refractivity contribution is 5.76. The maximum atomic E-state index is 12.2. The second-order valence-corrected chi connectivity index (χ2v) is 9.24. The number of hydrogen-bond donors (Lipinski definition) is 2. The van der Waals surface area contributed by atoms with E-state index in [0.29, 0.717) is 12.8 Å². The number of aromatic nitrogens is 1. The standard InChI is InChI=1S/C29H44N2O2.BrH/c32-26-28(25-27-19-13-11-14-20-27)30-29(33)21-15-9-7-5-3-1-2-4-6-8-10-16-22-31-23-17-12-18-24-31;/h11-14,17-20,23-24,28,32H,1-10,15-16,21-22,25-26H2;1H. The maximum absolute atomic E-state index is 12.2. The SMILES string of the molecule is O=C(CCCCCCCCCCCCCC[n+]1ccccc1)NC(CO)Cc1ccccc1.[Br-]. The average molecular weight is 534 g/mol. The lowest BCUT2D eigenvalue weighted by Gasteiger charge is -2.16. The summed E-state index contributed by atoms with van der Waals surface area (Å²) in [6, 6.07) is 16.1. The van der Waals surface area contributed by atoms with Gasteiger partial charge in [0, 0.05) is 25.0 Å². The third kappa shape index (κ3) is 15.2. The molecule has 1 heterocycles. The van der Waals surface area contributed by atoms with Crippen LogP contribution >= 0.6 is 0 Å². The van der Waals surface area contributed by atoms with Crippen molar-refractivity contribution in [2.24, 2.45) is 0 Å². The molecule has 0 aliphatic heterocycles. The molecule has 1 unspecified atom stereocenters. The molecule has 4 nitrogen and oxygen atoms in total. The molecule has 0 aliphatic rings. The van der Waals surface area contributed by atoms with Crippen molar-refractivity contribution in [3.63, 3.8) is 0 Å². The largest absolute Gasteiger partial charge is 1.00 e. The van der Waals surface area contributed by atoms with Gasteiger partial charge < -0.3 is 27.4 Å². The van der Waals surface area contributed by atoms with Gasteiger partial charge in [0.2, 0.25) is 5.91 Å². The van der Waals surface area contributed by atoms with Gasteiger partial charge in [0.15, 0.2) is 12.4 Å². The molecule has 0 fully saturated rings. The summed E-state index contributed by atoms with van der Waals surface area (Å²) in [6.45, 7) is 1.12. The predicted molar refractivity (Wildman–Crippen MR) is 136 cm³/mol. The maximum Gasteiger partial charge on any atom is 0.220 e. The van der Waals surface area contributed by atoms with E-state index >= 15 is 0 Å². The van der Waals surface area contributed by atoms with E-state index < -0.39 is 0 Å². The van der Waals surface area contributed by atoms with E-state index in [4.69, 9.17) is 0 Å². The van der Waals surface area contributed by atoms with Gasteiger partial charge in [0.25, 0.3) is 0 Å². The number of rotatable bonds is 19. The predicted octanol–water partition coefficient (Wildman–Crippen LogP) is 2.77. The molecule has 190 valence electrons. The van der Waals surface area contributed by atoms with Gasteiger partial charge in [-0.05, 0) is 24.8 Å². The summed E-state index contributed by atoms with van der Waals surface area (Å²) >= 11 is 0. The first-order valence-electron chi connectivity index (χ1n) is 13.2. The van der Waals surface area contributed by atoms with Crippen molar-refractivity contribution in [2.75, 3.05) is 6.61 Å². The number of unbranched alkanes of at least 4 members (excludes halogenated alkanes) is 11. The lowest BCUT2D eigenvalue weighted by atomic mass is 10.0. The number of aliphatic hydroxyl groups is 1. The van der Waals surface area contributed by atoms with Gasteiger partial charge in [0.05, 0.1) is 12.6 Å². The van der Waals surface area contributed by atoms with Crippen molar-refractivity contribution in [2.45, 2.75) is 102 Å². The highest BCUT2D eigenvalue weighted by Gasteiger charge is 2.11. The van der Waals surface area contributed by atoms with E-state index in [1.165, 1.54) is 64.2 Å². The van der Waals surface area contributed by atoms with Crippen LogP contribution < -0.4 is 26.9 Å². The second-order valence-electron chi connectivity index (χ2n) is 9.24. The summed E-state index contributed by atoms with van der Waals surface area (Å²) < 4.78 is 2.27. The van der Waals surface area contributed by atoms with E-state index in [1.54, 1.807) is 0 Å². The van der Waals surface area contributed by atoms with Gasteiger partial charge in [-0.25, -0.2) is 4.57 Å². The molecular weight excluding hydrogens is 488 g/mol. The van der Waals surface area contributed by atoms with Gasteiger partial charge in [-0.15, -0.1) is 0 Å². The Morgan fingerprint density at radius 1 is 0.735 bits per heavy atom. The molecule has 0 bridgehead atoms. The number of carbonyl (C=O) groups excluding carboxylic acids is 1. The lowest BCUT2D eigenvalue weighted by Crippen LogP contribution is -3.00. The summed E-state index contributed by atoms with van der Waals surface area (Å²) in [7, 11) is 0. The number of halogens is 1.